The molecule has 0 fully saturated rings. The van der Waals surface area contributed by atoms with Crippen molar-refractivity contribution in [3.05, 3.63) is 74.2 Å². The van der Waals surface area contributed by atoms with Crippen LogP contribution in [0.25, 0.3) is 0 Å². The number of fused-ring (bicyclic) bond motifs is 1. The molecule has 29 heavy (non-hydrogen) atoms. The molecule has 0 spiro atoms. The van der Waals surface area contributed by atoms with Crippen LogP contribution >= 0.6 is 11.6 Å². The molecule has 0 saturated carbocycles. The highest BCUT2D eigenvalue weighted by Gasteiger charge is 2.33. The van der Waals surface area contributed by atoms with Crippen molar-refractivity contribution in [3.8, 4) is 0 Å². The highest BCUT2D eigenvalue weighted by molar-refractivity contribution is 6.33. The van der Waals surface area contributed by atoms with Crippen molar-refractivity contribution in [2.24, 2.45) is 0 Å². The fourth-order valence-electron chi connectivity index (χ4n) is 3.75. The van der Waals surface area contributed by atoms with Gasteiger partial charge in [0, 0.05) is 25.2 Å². The van der Waals surface area contributed by atoms with Crippen molar-refractivity contribution in [1.29, 1.82) is 0 Å². The molecule has 1 aliphatic rings. The van der Waals surface area contributed by atoms with Gasteiger partial charge in [-0.25, -0.2) is 10.1 Å². The Bertz CT molecular complexity index is 1120. The predicted molar refractivity (Wildman–Crippen MR) is 102 cm³/mol. The lowest BCUT2D eigenvalue weighted by atomic mass is 10.1. The second kappa shape index (κ2) is 7.22. The van der Waals surface area contributed by atoms with E-state index in [0.717, 1.165) is 17.5 Å². The second-order valence-electron chi connectivity index (χ2n) is 6.86. The summed E-state index contributed by atoms with van der Waals surface area (Å²) in [6, 6.07) is 5.56. The zero-order chi connectivity index (χ0) is 20.8. The van der Waals surface area contributed by atoms with Crippen LogP contribution in [-0.4, -0.2) is 26.3 Å². The Morgan fingerprint density at radius 2 is 2.03 bits per heavy atom. The Balaban J connectivity index is 1.67. The van der Waals surface area contributed by atoms with Gasteiger partial charge in [-0.2, -0.15) is 18.3 Å². The van der Waals surface area contributed by atoms with Crippen LogP contribution in [0.15, 0.2) is 35.3 Å². The van der Waals surface area contributed by atoms with E-state index in [1.807, 2.05) is 9.47 Å². The number of H-pyrrole nitrogens is 1. The highest BCUT2D eigenvalue weighted by atomic mass is 35.5. The molecule has 1 aromatic carbocycles. The molecule has 0 unspecified atom stereocenters. The largest absolute Gasteiger partial charge is 0.416 e. The summed E-state index contributed by atoms with van der Waals surface area (Å²) in [5, 5.41) is 6.28. The molecule has 1 aliphatic heterocycles. The Labute approximate surface area is 168 Å². The van der Waals surface area contributed by atoms with Gasteiger partial charge in [0.05, 0.1) is 29.0 Å². The highest BCUT2D eigenvalue weighted by Crippen LogP contribution is 2.33. The number of hydrogen-bond donors (Lipinski definition) is 1. The Morgan fingerprint density at radius 1 is 1.28 bits per heavy atom. The number of imidazole rings is 1. The third kappa shape index (κ3) is 3.62. The van der Waals surface area contributed by atoms with Crippen LogP contribution in [-0.2, 0) is 25.7 Å². The summed E-state index contributed by atoms with van der Waals surface area (Å²) in [6.45, 7) is 2.69. The zero-order valence-electron chi connectivity index (χ0n) is 15.4. The summed E-state index contributed by atoms with van der Waals surface area (Å²) in [6.07, 6.45) is -2.52. The Kier molecular flexibility index (Phi) is 4.85. The van der Waals surface area contributed by atoms with E-state index in [-0.39, 0.29) is 17.1 Å². The first-order chi connectivity index (χ1) is 13.8. The number of alkyl halides is 3. The quantitative estimate of drug-likeness (QED) is 0.699. The minimum atomic E-state index is -4.42. The van der Waals surface area contributed by atoms with Gasteiger partial charge in [0.2, 0.25) is 0 Å². The molecule has 3 aromatic rings. The van der Waals surface area contributed by atoms with Crippen molar-refractivity contribution in [2.75, 3.05) is 11.4 Å². The minimum Gasteiger partial charge on any atom is -0.359 e. The van der Waals surface area contributed by atoms with E-state index in [1.54, 1.807) is 13.0 Å². The molecule has 0 atom stereocenters. The molecule has 0 amide bonds. The first-order valence-electron chi connectivity index (χ1n) is 8.94. The molecular weight excluding hydrogens is 407 g/mol. The van der Waals surface area contributed by atoms with Gasteiger partial charge < -0.3 is 9.47 Å². The Hall–Kier alpha value is -2.81. The van der Waals surface area contributed by atoms with E-state index in [2.05, 4.69) is 15.2 Å². The van der Waals surface area contributed by atoms with Crippen molar-refractivity contribution >= 4 is 17.3 Å². The summed E-state index contributed by atoms with van der Waals surface area (Å²) >= 11 is 6.14. The molecule has 4 rings (SSSR count). The summed E-state index contributed by atoms with van der Waals surface area (Å²) in [4.78, 5) is 18.5. The van der Waals surface area contributed by atoms with E-state index in [9.17, 15) is 18.0 Å². The third-order valence-corrected chi connectivity index (χ3v) is 5.33. The van der Waals surface area contributed by atoms with Gasteiger partial charge in [0.15, 0.2) is 0 Å². The smallest absolute Gasteiger partial charge is 0.359 e. The number of aromatic nitrogens is 4. The maximum Gasteiger partial charge on any atom is 0.416 e. The molecule has 6 nitrogen and oxygen atoms in total. The van der Waals surface area contributed by atoms with Gasteiger partial charge in [0.1, 0.15) is 11.5 Å². The van der Waals surface area contributed by atoms with Crippen molar-refractivity contribution < 1.29 is 13.2 Å². The summed E-state index contributed by atoms with van der Waals surface area (Å²) in [5.41, 5.74) is 1.08. The topological polar surface area (TPSA) is 66.8 Å². The molecule has 0 saturated heterocycles. The molecule has 0 aliphatic carbocycles. The normalized spacial score (nSPS) is 14.2. The van der Waals surface area contributed by atoms with Gasteiger partial charge in [-0.15, -0.1) is 0 Å². The maximum absolute atomic E-state index is 13.3. The van der Waals surface area contributed by atoms with E-state index in [0.29, 0.717) is 31.0 Å². The summed E-state index contributed by atoms with van der Waals surface area (Å²) < 4.78 is 41.9. The van der Waals surface area contributed by atoms with Crippen LogP contribution in [0.1, 0.15) is 28.3 Å². The molecule has 0 bridgehead atoms. The first kappa shape index (κ1) is 19.5. The SMILES string of the molecule is Cc1nc2c(n1Cc1ccccc1C(F)(F)F)CCN(c1c(Cl)cn[nH]c1=O)C2. The number of hydrogen-bond acceptors (Lipinski definition) is 4. The number of nitrogens with one attached hydrogen (secondary N) is 1. The van der Waals surface area contributed by atoms with Crippen LogP contribution in [0.3, 0.4) is 0 Å². The molecular formula is C19H17ClF3N5O. The summed E-state index contributed by atoms with van der Waals surface area (Å²) in [5.74, 6) is 0.628. The lowest BCUT2D eigenvalue weighted by Crippen LogP contribution is -2.35. The average molecular weight is 424 g/mol. The van der Waals surface area contributed by atoms with E-state index < -0.39 is 17.3 Å². The van der Waals surface area contributed by atoms with Crippen molar-refractivity contribution in [2.45, 2.75) is 32.6 Å². The van der Waals surface area contributed by atoms with E-state index in [1.165, 1.54) is 18.3 Å². The first-order valence-corrected chi connectivity index (χ1v) is 9.31. The fraction of sp³-hybridized carbons (Fsp3) is 0.316. The minimum absolute atomic E-state index is 0.0838. The number of aromatic amines is 1. The number of benzene rings is 1. The number of aryl methyl sites for hydroxylation is 1. The van der Waals surface area contributed by atoms with Gasteiger partial charge >= 0.3 is 6.18 Å². The maximum atomic E-state index is 13.3. The van der Waals surface area contributed by atoms with E-state index >= 15 is 0 Å². The lowest BCUT2D eigenvalue weighted by molar-refractivity contribution is -0.138. The lowest BCUT2D eigenvalue weighted by Gasteiger charge is -2.28. The number of anilines is 1. The van der Waals surface area contributed by atoms with Gasteiger partial charge in [-0.1, -0.05) is 29.8 Å². The van der Waals surface area contributed by atoms with Crippen molar-refractivity contribution in [1.82, 2.24) is 19.7 Å². The average Bonchev–Trinajstić information content (AvgIpc) is 2.96. The number of halogens is 4. The van der Waals surface area contributed by atoms with Crippen LogP contribution in [0, 0.1) is 6.92 Å². The van der Waals surface area contributed by atoms with Crippen molar-refractivity contribution in [3.63, 3.8) is 0 Å². The van der Waals surface area contributed by atoms with Crippen LogP contribution in [0.5, 0.6) is 0 Å². The Morgan fingerprint density at radius 3 is 2.76 bits per heavy atom. The molecule has 1 N–H and O–H groups in total. The predicted octanol–water partition coefficient (Wildman–Crippen LogP) is 3.56. The standard InChI is InChI=1S/C19H17ClF3N5O/c1-11-25-15-10-27(17-14(20)8-24-26-18(17)29)7-6-16(15)28(11)9-12-4-2-3-5-13(12)19(21,22)23/h2-5,8H,6-7,9-10H2,1H3,(H,26,29). The van der Waals surface area contributed by atoms with Crippen LogP contribution < -0.4 is 10.5 Å². The molecule has 2 aromatic heterocycles. The summed E-state index contributed by atoms with van der Waals surface area (Å²) in [7, 11) is 0. The van der Waals surface area contributed by atoms with Gasteiger partial charge in [0.25, 0.3) is 5.56 Å². The van der Waals surface area contributed by atoms with Gasteiger partial charge in [-0.05, 0) is 18.6 Å². The van der Waals surface area contributed by atoms with Crippen LogP contribution in [0.4, 0.5) is 18.9 Å². The second-order valence-corrected chi connectivity index (χ2v) is 7.27. The third-order valence-electron chi connectivity index (χ3n) is 5.06. The monoisotopic (exact) mass is 423 g/mol. The van der Waals surface area contributed by atoms with Gasteiger partial charge in [-0.3, -0.25) is 4.79 Å². The number of nitrogens with zero attached hydrogens (tertiary/aromatic N) is 4. The molecule has 10 heteroatoms. The molecule has 0 radical (unpaired) electrons. The fourth-order valence-corrected chi connectivity index (χ4v) is 4.00. The van der Waals surface area contributed by atoms with E-state index in [4.69, 9.17) is 11.6 Å². The number of rotatable bonds is 3. The zero-order valence-corrected chi connectivity index (χ0v) is 16.2. The molecule has 3 heterocycles. The van der Waals surface area contributed by atoms with Crippen LogP contribution in [0.2, 0.25) is 5.02 Å². The molecule has 152 valence electrons.